The van der Waals surface area contributed by atoms with Crippen molar-refractivity contribution in [1.82, 2.24) is 5.32 Å². The summed E-state index contributed by atoms with van der Waals surface area (Å²) in [6.45, 7) is 0.649. The van der Waals surface area contributed by atoms with E-state index in [1.54, 1.807) is 24.3 Å². The van der Waals surface area contributed by atoms with Gasteiger partial charge in [0, 0.05) is 30.6 Å². The number of benzene rings is 2. The molecule has 0 radical (unpaired) electrons. The minimum absolute atomic E-state index is 0.0578. The fourth-order valence-electron chi connectivity index (χ4n) is 2.93. The van der Waals surface area contributed by atoms with E-state index in [0.29, 0.717) is 41.3 Å². The van der Waals surface area contributed by atoms with Crippen LogP contribution in [0, 0.1) is 5.82 Å². The van der Waals surface area contributed by atoms with Crippen LogP contribution in [0.3, 0.4) is 0 Å². The Morgan fingerprint density at radius 2 is 1.97 bits per heavy atom. The second-order valence-electron chi connectivity index (χ2n) is 6.36. The molecule has 1 aliphatic rings. The van der Waals surface area contributed by atoms with Gasteiger partial charge in [-0.2, -0.15) is 0 Å². The Bertz CT molecular complexity index is 890. The van der Waals surface area contributed by atoms with Crippen LogP contribution >= 0.6 is 0 Å². The van der Waals surface area contributed by atoms with E-state index in [1.807, 2.05) is 0 Å². The predicted molar refractivity (Wildman–Crippen MR) is 104 cm³/mol. The van der Waals surface area contributed by atoms with Crippen LogP contribution in [0.15, 0.2) is 36.4 Å². The van der Waals surface area contributed by atoms with E-state index in [2.05, 4.69) is 16.0 Å². The van der Waals surface area contributed by atoms with E-state index in [-0.39, 0.29) is 31.7 Å². The van der Waals surface area contributed by atoms with Crippen LogP contribution in [0.2, 0.25) is 0 Å². The number of fused-ring (bicyclic) bond motifs is 1. The van der Waals surface area contributed by atoms with E-state index in [4.69, 9.17) is 14.2 Å². The first-order chi connectivity index (χ1) is 14.0. The molecule has 2 aromatic carbocycles. The number of amides is 3. The summed E-state index contributed by atoms with van der Waals surface area (Å²) in [4.78, 5) is 23.7. The molecular formula is C20H22FN3O5. The monoisotopic (exact) mass is 403 g/mol. The van der Waals surface area contributed by atoms with Crippen LogP contribution < -0.4 is 20.7 Å². The highest BCUT2D eigenvalue weighted by atomic mass is 19.1. The maximum Gasteiger partial charge on any atom is 0.319 e. The molecule has 0 unspecified atom stereocenters. The molecule has 8 nitrogen and oxygen atoms in total. The van der Waals surface area contributed by atoms with Gasteiger partial charge in [0.1, 0.15) is 18.2 Å². The maximum absolute atomic E-state index is 13.8. The standard InChI is InChI=1S/C20H22FN3O5/c1-27-11-18(25)23-16-3-2-4-17(9-16)24-20(26)22-6-5-13-7-15(21)8-14-10-28-12-29-19(13)14/h2-4,7-9H,5-6,10-12H2,1H3,(H,23,25)(H2,22,24,26). The first kappa shape index (κ1) is 20.6. The van der Waals surface area contributed by atoms with Crippen molar-refractivity contribution in [3.05, 3.63) is 53.3 Å². The number of hydrogen-bond acceptors (Lipinski definition) is 5. The lowest BCUT2D eigenvalue weighted by atomic mass is 10.1. The molecule has 0 bridgehead atoms. The van der Waals surface area contributed by atoms with Crippen LogP contribution in [-0.4, -0.2) is 39.0 Å². The van der Waals surface area contributed by atoms with E-state index in [0.717, 1.165) is 0 Å². The fourth-order valence-corrected chi connectivity index (χ4v) is 2.93. The topological polar surface area (TPSA) is 97.9 Å². The Morgan fingerprint density at radius 1 is 1.17 bits per heavy atom. The van der Waals surface area contributed by atoms with Gasteiger partial charge >= 0.3 is 6.03 Å². The van der Waals surface area contributed by atoms with Crippen LogP contribution in [0.25, 0.3) is 0 Å². The van der Waals surface area contributed by atoms with Crippen LogP contribution in [0.1, 0.15) is 11.1 Å². The number of carbonyl (C=O) groups is 2. The molecule has 0 aliphatic carbocycles. The molecule has 0 fully saturated rings. The molecule has 3 amide bonds. The summed E-state index contributed by atoms with van der Waals surface area (Å²) in [5.74, 6) is -0.0517. The predicted octanol–water partition coefficient (Wildman–Crippen LogP) is 2.64. The van der Waals surface area contributed by atoms with Crippen molar-refractivity contribution in [2.24, 2.45) is 0 Å². The van der Waals surface area contributed by atoms with Crippen molar-refractivity contribution in [3.8, 4) is 5.75 Å². The molecule has 0 aromatic heterocycles. The molecule has 9 heteroatoms. The van der Waals surface area contributed by atoms with Crippen LogP contribution in [0.4, 0.5) is 20.6 Å². The molecule has 0 spiro atoms. The number of carbonyl (C=O) groups excluding carboxylic acids is 2. The molecule has 1 aliphatic heterocycles. The normalized spacial score (nSPS) is 12.5. The molecule has 0 saturated heterocycles. The van der Waals surface area contributed by atoms with E-state index >= 15 is 0 Å². The van der Waals surface area contributed by atoms with Gasteiger partial charge in [0.15, 0.2) is 6.79 Å². The Hall–Kier alpha value is -3.17. The Kier molecular flexibility index (Phi) is 6.99. The summed E-state index contributed by atoms with van der Waals surface area (Å²) in [5.41, 5.74) is 2.38. The number of nitrogens with one attached hydrogen (secondary N) is 3. The maximum atomic E-state index is 13.8. The Morgan fingerprint density at radius 3 is 2.76 bits per heavy atom. The van der Waals surface area contributed by atoms with Crippen molar-refractivity contribution in [1.29, 1.82) is 0 Å². The van der Waals surface area contributed by atoms with Crippen molar-refractivity contribution >= 4 is 23.3 Å². The van der Waals surface area contributed by atoms with Gasteiger partial charge in [-0.15, -0.1) is 0 Å². The zero-order valence-corrected chi connectivity index (χ0v) is 15.9. The lowest BCUT2D eigenvalue weighted by Crippen LogP contribution is -2.30. The summed E-state index contributed by atoms with van der Waals surface area (Å²) < 4.78 is 29.1. The number of methoxy groups -OCH3 is 1. The summed E-state index contributed by atoms with van der Waals surface area (Å²) >= 11 is 0. The van der Waals surface area contributed by atoms with Gasteiger partial charge in [0.2, 0.25) is 5.91 Å². The lowest BCUT2D eigenvalue weighted by Gasteiger charge is -2.21. The first-order valence-electron chi connectivity index (χ1n) is 9.00. The molecule has 0 saturated carbocycles. The third kappa shape index (κ3) is 5.90. The Balaban J connectivity index is 1.52. The highest BCUT2D eigenvalue weighted by Gasteiger charge is 2.17. The minimum atomic E-state index is -0.417. The molecule has 3 N–H and O–H groups in total. The lowest BCUT2D eigenvalue weighted by molar-refractivity contribution is -0.119. The summed E-state index contributed by atoms with van der Waals surface area (Å²) in [6, 6.07) is 9.10. The number of urea groups is 1. The van der Waals surface area contributed by atoms with Crippen LogP contribution in [0.5, 0.6) is 5.75 Å². The number of hydrogen-bond donors (Lipinski definition) is 3. The zero-order chi connectivity index (χ0) is 20.6. The summed E-state index contributed by atoms with van der Waals surface area (Å²) in [6.07, 6.45) is 0.403. The number of anilines is 2. The minimum Gasteiger partial charge on any atom is -0.467 e. The Labute approximate surface area is 167 Å². The highest BCUT2D eigenvalue weighted by molar-refractivity contribution is 5.94. The zero-order valence-electron chi connectivity index (χ0n) is 15.9. The van der Waals surface area contributed by atoms with Gasteiger partial charge in [-0.1, -0.05) is 6.07 Å². The third-order valence-corrected chi connectivity index (χ3v) is 4.11. The second kappa shape index (κ2) is 9.85. The van der Waals surface area contributed by atoms with E-state index in [9.17, 15) is 14.0 Å². The van der Waals surface area contributed by atoms with Crippen molar-refractivity contribution < 1.29 is 28.2 Å². The molecule has 3 rings (SSSR count). The van der Waals surface area contributed by atoms with Gasteiger partial charge in [0.05, 0.1) is 6.61 Å². The van der Waals surface area contributed by atoms with Gasteiger partial charge < -0.3 is 30.2 Å². The van der Waals surface area contributed by atoms with E-state index < -0.39 is 6.03 Å². The quantitative estimate of drug-likeness (QED) is 0.660. The molecule has 0 atom stereocenters. The van der Waals surface area contributed by atoms with Gasteiger partial charge in [-0.25, -0.2) is 9.18 Å². The van der Waals surface area contributed by atoms with Crippen molar-refractivity contribution in [3.63, 3.8) is 0 Å². The molecule has 29 heavy (non-hydrogen) atoms. The number of ether oxygens (including phenoxy) is 3. The van der Waals surface area contributed by atoms with Gasteiger partial charge in [-0.05, 0) is 42.3 Å². The molecular weight excluding hydrogens is 381 g/mol. The molecule has 154 valence electrons. The highest BCUT2D eigenvalue weighted by Crippen LogP contribution is 2.29. The van der Waals surface area contributed by atoms with Gasteiger partial charge in [0.25, 0.3) is 0 Å². The van der Waals surface area contributed by atoms with E-state index in [1.165, 1.54) is 19.2 Å². The van der Waals surface area contributed by atoms with Crippen LogP contribution in [-0.2, 0) is 27.3 Å². The fraction of sp³-hybridized carbons (Fsp3) is 0.300. The molecule has 2 aromatic rings. The van der Waals surface area contributed by atoms with Gasteiger partial charge in [-0.3, -0.25) is 4.79 Å². The average molecular weight is 403 g/mol. The smallest absolute Gasteiger partial charge is 0.319 e. The SMILES string of the molecule is COCC(=O)Nc1cccc(NC(=O)NCCc2cc(F)cc3c2OCOC3)c1. The second-order valence-corrected chi connectivity index (χ2v) is 6.36. The number of halogens is 1. The number of rotatable bonds is 7. The van der Waals surface area contributed by atoms with Crippen molar-refractivity contribution in [2.75, 3.05) is 37.7 Å². The first-order valence-corrected chi connectivity index (χ1v) is 9.00. The van der Waals surface area contributed by atoms with Crippen molar-refractivity contribution in [2.45, 2.75) is 13.0 Å². The summed E-state index contributed by atoms with van der Waals surface area (Å²) in [5, 5.41) is 8.07. The summed E-state index contributed by atoms with van der Waals surface area (Å²) in [7, 11) is 1.43. The average Bonchev–Trinajstić information content (AvgIpc) is 2.68. The molecule has 1 heterocycles. The third-order valence-electron chi connectivity index (χ3n) is 4.11. The largest absolute Gasteiger partial charge is 0.467 e.